The van der Waals surface area contributed by atoms with Gasteiger partial charge < -0.3 is 0 Å². The topological polar surface area (TPSA) is 50.2 Å². The molecule has 0 aliphatic rings. The van der Waals surface area contributed by atoms with Crippen LogP contribution in [0.4, 0.5) is 23.4 Å². The molecule has 0 radical (unpaired) electrons. The number of hydrogen-bond donors (Lipinski definition) is 1. The maximum Gasteiger partial charge on any atom is 0.433 e. The third-order valence-corrected chi connectivity index (χ3v) is 3.65. The third-order valence-electron chi connectivity index (χ3n) is 3.65. The summed E-state index contributed by atoms with van der Waals surface area (Å²) >= 11 is 0. The summed E-state index contributed by atoms with van der Waals surface area (Å²) in [7, 11) is 0. The summed E-state index contributed by atoms with van der Waals surface area (Å²) in [6, 6.07) is 14.7. The van der Waals surface area contributed by atoms with Crippen molar-refractivity contribution >= 4 is 11.5 Å². The quantitative estimate of drug-likeness (QED) is 0.391. The molecule has 4 nitrogen and oxygen atoms in total. The zero-order valence-corrected chi connectivity index (χ0v) is 14.1. The molecule has 3 rings (SSSR count). The van der Waals surface area contributed by atoms with Crippen LogP contribution in [0.5, 0.6) is 0 Å². The third kappa shape index (κ3) is 4.66. The Morgan fingerprint density at radius 1 is 0.963 bits per heavy atom. The van der Waals surface area contributed by atoms with Gasteiger partial charge in [0.1, 0.15) is 5.82 Å². The van der Waals surface area contributed by atoms with Crippen LogP contribution in [0.3, 0.4) is 0 Å². The van der Waals surface area contributed by atoms with Gasteiger partial charge >= 0.3 is 6.18 Å². The predicted octanol–water partition coefficient (Wildman–Crippen LogP) is 5.14. The Balaban J connectivity index is 1.94. The minimum atomic E-state index is -4.63. The van der Waals surface area contributed by atoms with E-state index in [-0.39, 0.29) is 11.6 Å². The van der Waals surface area contributed by atoms with Gasteiger partial charge in [0, 0.05) is 11.6 Å². The Bertz CT molecular complexity index is 952. The van der Waals surface area contributed by atoms with Gasteiger partial charge in [-0.15, -0.1) is 0 Å². The van der Waals surface area contributed by atoms with Gasteiger partial charge in [-0.2, -0.15) is 18.3 Å². The van der Waals surface area contributed by atoms with Gasteiger partial charge in [0.2, 0.25) is 0 Å². The van der Waals surface area contributed by atoms with Gasteiger partial charge in [0.15, 0.2) is 17.3 Å². The highest BCUT2D eigenvalue weighted by Crippen LogP contribution is 2.30. The molecule has 0 saturated heterocycles. The van der Waals surface area contributed by atoms with E-state index in [1.165, 1.54) is 24.3 Å². The summed E-state index contributed by atoms with van der Waals surface area (Å²) in [5.74, 6) is -0.558. The molecule has 0 saturated carbocycles. The van der Waals surface area contributed by atoms with Crippen molar-refractivity contribution in [2.75, 3.05) is 5.43 Å². The number of halogens is 4. The molecular weight excluding hydrogens is 360 g/mol. The number of benzene rings is 2. The first-order valence-corrected chi connectivity index (χ1v) is 7.91. The van der Waals surface area contributed by atoms with Crippen LogP contribution in [0, 0.1) is 5.82 Å². The van der Waals surface area contributed by atoms with Crippen molar-refractivity contribution in [1.82, 2.24) is 9.97 Å². The average molecular weight is 374 g/mol. The van der Waals surface area contributed by atoms with E-state index in [1.54, 1.807) is 37.3 Å². The standard InChI is InChI=1S/C19H14F4N4/c1-12(13-7-9-15(20)10-8-13)26-27-17-11-16(19(21,22)23)24-18(25-17)14-5-3-2-4-6-14/h2-11H,1H3,(H,24,25,27)/b26-12-. The molecule has 0 atom stereocenters. The van der Waals surface area contributed by atoms with Crippen molar-refractivity contribution in [1.29, 1.82) is 0 Å². The van der Waals surface area contributed by atoms with Crippen molar-refractivity contribution in [2.24, 2.45) is 5.10 Å². The molecule has 0 bridgehead atoms. The Hall–Kier alpha value is -3.29. The van der Waals surface area contributed by atoms with Crippen LogP contribution in [0.1, 0.15) is 18.2 Å². The van der Waals surface area contributed by atoms with Gasteiger partial charge in [-0.05, 0) is 24.6 Å². The Kier molecular flexibility index (Phi) is 5.16. The fourth-order valence-corrected chi connectivity index (χ4v) is 2.26. The Morgan fingerprint density at radius 3 is 2.26 bits per heavy atom. The summed E-state index contributed by atoms with van der Waals surface area (Å²) in [5, 5.41) is 4.04. The first kappa shape index (κ1) is 18.5. The lowest BCUT2D eigenvalue weighted by Gasteiger charge is -2.10. The molecule has 1 heterocycles. The fraction of sp³-hybridized carbons (Fsp3) is 0.105. The Morgan fingerprint density at radius 2 is 1.63 bits per heavy atom. The predicted molar refractivity (Wildman–Crippen MR) is 94.7 cm³/mol. The van der Waals surface area contributed by atoms with Crippen molar-refractivity contribution in [2.45, 2.75) is 13.1 Å². The van der Waals surface area contributed by atoms with Gasteiger partial charge in [-0.3, -0.25) is 5.43 Å². The van der Waals surface area contributed by atoms with Crippen LogP contribution in [0.2, 0.25) is 0 Å². The van der Waals surface area contributed by atoms with Crippen molar-refractivity contribution in [3.05, 3.63) is 77.7 Å². The second-order valence-corrected chi connectivity index (χ2v) is 5.64. The van der Waals surface area contributed by atoms with E-state index in [4.69, 9.17) is 0 Å². The molecule has 0 spiro atoms. The van der Waals surface area contributed by atoms with E-state index < -0.39 is 17.7 Å². The molecule has 8 heteroatoms. The van der Waals surface area contributed by atoms with Crippen molar-refractivity contribution < 1.29 is 17.6 Å². The summed E-state index contributed by atoms with van der Waals surface area (Å²) in [6.45, 7) is 1.64. The molecule has 27 heavy (non-hydrogen) atoms. The zero-order valence-electron chi connectivity index (χ0n) is 14.1. The molecule has 3 aromatic rings. The summed E-state index contributed by atoms with van der Waals surface area (Å²) in [6.07, 6.45) is -4.63. The molecule has 1 aromatic heterocycles. The lowest BCUT2D eigenvalue weighted by atomic mass is 10.1. The largest absolute Gasteiger partial charge is 0.433 e. The van der Waals surface area contributed by atoms with E-state index in [1.807, 2.05) is 0 Å². The van der Waals surface area contributed by atoms with Crippen LogP contribution >= 0.6 is 0 Å². The van der Waals surface area contributed by atoms with Crippen LogP contribution in [-0.2, 0) is 6.18 Å². The average Bonchev–Trinajstić information content (AvgIpc) is 2.66. The van der Waals surface area contributed by atoms with E-state index in [9.17, 15) is 17.6 Å². The van der Waals surface area contributed by atoms with Crippen LogP contribution < -0.4 is 5.43 Å². The smallest absolute Gasteiger partial charge is 0.261 e. The normalized spacial score (nSPS) is 12.1. The summed E-state index contributed by atoms with van der Waals surface area (Å²) in [4.78, 5) is 7.71. The number of anilines is 1. The molecular formula is C19H14F4N4. The molecule has 0 fully saturated rings. The summed E-state index contributed by atoms with van der Waals surface area (Å²) in [5.41, 5.74) is 2.98. The minimum absolute atomic E-state index is 0.0671. The van der Waals surface area contributed by atoms with Gasteiger partial charge in [0.05, 0.1) is 5.71 Å². The first-order chi connectivity index (χ1) is 12.8. The molecule has 0 aliphatic carbocycles. The number of rotatable bonds is 4. The number of hydrogen-bond acceptors (Lipinski definition) is 4. The van der Waals surface area contributed by atoms with Crippen molar-refractivity contribution in [3.63, 3.8) is 0 Å². The highest BCUT2D eigenvalue weighted by atomic mass is 19.4. The SMILES string of the molecule is C/C(=N/Nc1cc(C(F)(F)F)nc(-c2ccccc2)n1)c1ccc(F)cc1. The van der Waals surface area contributed by atoms with E-state index in [0.29, 0.717) is 16.8 Å². The number of nitrogens with zero attached hydrogens (tertiary/aromatic N) is 3. The second kappa shape index (κ2) is 7.53. The van der Waals surface area contributed by atoms with Crippen LogP contribution in [0.25, 0.3) is 11.4 Å². The molecule has 138 valence electrons. The van der Waals surface area contributed by atoms with E-state index >= 15 is 0 Å². The molecule has 2 aromatic carbocycles. The number of nitrogens with one attached hydrogen (secondary N) is 1. The van der Waals surface area contributed by atoms with Crippen LogP contribution in [0.15, 0.2) is 65.8 Å². The number of alkyl halides is 3. The summed E-state index contributed by atoms with van der Waals surface area (Å²) < 4.78 is 52.5. The van der Waals surface area contributed by atoms with Crippen LogP contribution in [-0.4, -0.2) is 15.7 Å². The van der Waals surface area contributed by atoms with Crippen molar-refractivity contribution in [3.8, 4) is 11.4 Å². The highest BCUT2D eigenvalue weighted by molar-refractivity contribution is 5.99. The molecule has 1 N–H and O–H groups in total. The molecule has 0 aliphatic heterocycles. The highest BCUT2D eigenvalue weighted by Gasteiger charge is 2.33. The first-order valence-electron chi connectivity index (χ1n) is 7.91. The molecule has 0 unspecified atom stereocenters. The monoisotopic (exact) mass is 374 g/mol. The van der Waals surface area contributed by atoms with Gasteiger partial charge in [-0.25, -0.2) is 14.4 Å². The fourth-order valence-electron chi connectivity index (χ4n) is 2.26. The molecule has 0 amide bonds. The Labute approximate surface area is 152 Å². The van der Waals surface area contributed by atoms with E-state index in [2.05, 4.69) is 20.5 Å². The maximum absolute atomic E-state index is 13.2. The van der Waals surface area contributed by atoms with E-state index in [0.717, 1.165) is 6.07 Å². The maximum atomic E-state index is 13.2. The second-order valence-electron chi connectivity index (χ2n) is 5.64. The zero-order chi connectivity index (χ0) is 19.4. The van der Waals surface area contributed by atoms with Gasteiger partial charge in [-0.1, -0.05) is 42.5 Å². The van der Waals surface area contributed by atoms with Gasteiger partial charge in [0.25, 0.3) is 0 Å². The number of hydrazone groups is 1. The minimum Gasteiger partial charge on any atom is -0.261 e. The number of aromatic nitrogens is 2. The lowest BCUT2D eigenvalue weighted by Crippen LogP contribution is -2.11. The lowest BCUT2D eigenvalue weighted by molar-refractivity contribution is -0.141.